The van der Waals surface area contributed by atoms with Crippen LogP contribution in [0.5, 0.6) is 0 Å². The van der Waals surface area contributed by atoms with Crippen molar-refractivity contribution in [1.29, 1.82) is 0 Å². The minimum absolute atomic E-state index is 0.236. The zero-order valence-electron chi connectivity index (χ0n) is 8.09. The third kappa shape index (κ3) is 1.73. The second-order valence-corrected chi connectivity index (χ2v) is 3.75. The Kier molecular flexibility index (Phi) is 2.68. The van der Waals surface area contributed by atoms with Gasteiger partial charge in [0, 0.05) is 6.04 Å². The lowest BCUT2D eigenvalue weighted by molar-refractivity contribution is 0.412. The van der Waals surface area contributed by atoms with Gasteiger partial charge < -0.3 is 11.1 Å². The standard InChI is InChI=1S/C11H15FN2/c12-9-5-3-4-8(11(9)13)10-6-1-2-7-14-10/h3-5,10,14H,1-2,6-7,13H2/t10-/m1/s1. The van der Waals surface area contributed by atoms with Gasteiger partial charge in [-0.1, -0.05) is 18.6 Å². The molecule has 0 unspecified atom stereocenters. The molecule has 76 valence electrons. The van der Waals surface area contributed by atoms with Crippen molar-refractivity contribution in [3.63, 3.8) is 0 Å². The molecule has 1 saturated heterocycles. The van der Waals surface area contributed by atoms with Crippen LogP contribution in [-0.2, 0) is 0 Å². The van der Waals surface area contributed by atoms with E-state index in [9.17, 15) is 4.39 Å². The number of piperidine rings is 1. The van der Waals surface area contributed by atoms with Crippen molar-refractivity contribution in [1.82, 2.24) is 5.32 Å². The van der Waals surface area contributed by atoms with Gasteiger partial charge in [-0.05, 0) is 31.0 Å². The second kappa shape index (κ2) is 3.96. The largest absolute Gasteiger partial charge is 0.396 e. The van der Waals surface area contributed by atoms with Crippen molar-refractivity contribution in [3.8, 4) is 0 Å². The van der Waals surface area contributed by atoms with Gasteiger partial charge in [0.2, 0.25) is 0 Å². The Labute approximate surface area is 83.3 Å². The minimum atomic E-state index is -0.310. The van der Waals surface area contributed by atoms with Crippen LogP contribution in [0.25, 0.3) is 0 Å². The normalized spacial score (nSPS) is 22.2. The summed E-state index contributed by atoms with van der Waals surface area (Å²) in [6, 6.07) is 5.26. The van der Waals surface area contributed by atoms with Crippen molar-refractivity contribution in [2.45, 2.75) is 25.3 Å². The number of nitrogens with two attached hydrogens (primary N) is 1. The third-order valence-corrected chi connectivity index (χ3v) is 2.77. The summed E-state index contributed by atoms with van der Waals surface area (Å²) in [4.78, 5) is 0. The van der Waals surface area contributed by atoms with E-state index >= 15 is 0 Å². The Hall–Kier alpha value is -1.09. The Bertz CT molecular complexity index is 319. The van der Waals surface area contributed by atoms with Gasteiger partial charge in [0.15, 0.2) is 0 Å². The lowest BCUT2D eigenvalue weighted by Crippen LogP contribution is -2.27. The van der Waals surface area contributed by atoms with Crippen LogP contribution in [0, 0.1) is 5.82 Å². The van der Waals surface area contributed by atoms with Gasteiger partial charge in [-0.15, -0.1) is 0 Å². The molecule has 3 N–H and O–H groups in total. The average Bonchev–Trinajstić information content (AvgIpc) is 2.23. The molecule has 1 atom stereocenters. The molecule has 0 saturated carbocycles. The molecule has 0 radical (unpaired) electrons. The molecule has 2 nitrogen and oxygen atoms in total. The molecule has 0 spiro atoms. The fourth-order valence-corrected chi connectivity index (χ4v) is 1.97. The van der Waals surface area contributed by atoms with Gasteiger partial charge in [-0.2, -0.15) is 0 Å². The van der Waals surface area contributed by atoms with E-state index in [1.165, 1.54) is 18.9 Å². The number of anilines is 1. The highest BCUT2D eigenvalue weighted by atomic mass is 19.1. The summed E-state index contributed by atoms with van der Waals surface area (Å²) < 4.78 is 13.2. The molecule has 0 bridgehead atoms. The van der Waals surface area contributed by atoms with Crippen LogP contribution in [0.3, 0.4) is 0 Å². The monoisotopic (exact) mass is 194 g/mol. The highest BCUT2D eigenvalue weighted by Crippen LogP contribution is 2.28. The van der Waals surface area contributed by atoms with Crippen LogP contribution >= 0.6 is 0 Å². The number of hydrogen-bond donors (Lipinski definition) is 2. The van der Waals surface area contributed by atoms with E-state index in [4.69, 9.17) is 5.73 Å². The average molecular weight is 194 g/mol. The van der Waals surface area contributed by atoms with E-state index in [1.807, 2.05) is 6.07 Å². The molecular formula is C11H15FN2. The van der Waals surface area contributed by atoms with Crippen molar-refractivity contribution in [3.05, 3.63) is 29.6 Å². The van der Waals surface area contributed by atoms with E-state index < -0.39 is 0 Å². The summed E-state index contributed by atoms with van der Waals surface area (Å²) in [5.74, 6) is -0.310. The van der Waals surface area contributed by atoms with Gasteiger partial charge in [-0.3, -0.25) is 0 Å². The quantitative estimate of drug-likeness (QED) is 0.673. The summed E-state index contributed by atoms with van der Waals surface area (Å²) in [5.41, 5.74) is 6.90. The highest BCUT2D eigenvalue weighted by Gasteiger charge is 2.17. The maximum atomic E-state index is 13.2. The lowest BCUT2D eigenvalue weighted by Gasteiger charge is -2.24. The van der Waals surface area contributed by atoms with Crippen molar-refractivity contribution in [2.24, 2.45) is 0 Å². The van der Waals surface area contributed by atoms with E-state index in [0.717, 1.165) is 18.5 Å². The van der Waals surface area contributed by atoms with Crippen LogP contribution < -0.4 is 11.1 Å². The number of halogens is 1. The fourth-order valence-electron chi connectivity index (χ4n) is 1.97. The van der Waals surface area contributed by atoms with E-state index in [-0.39, 0.29) is 11.9 Å². The summed E-state index contributed by atoms with van der Waals surface area (Å²) >= 11 is 0. The fraction of sp³-hybridized carbons (Fsp3) is 0.455. The van der Waals surface area contributed by atoms with Crippen molar-refractivity contribution in [2.75, 3.05) is 12.3 Å². The minimum Gasteiger partial charge on any atom is -0.396 e. The number of benzene rings is 1. The summed E-state index contributed by atoms with van der Waals surface area (Å²) in [7, 11) is 0. The molecule has 1 aliphatic rings. The van der Waals surface area contributed by atoms with Gasteiger partial charge in [-0.25, -0.2) is 4.39 Å². The first kappa shape index (κ1) is 9.46. The smallest absolute Gasteiger partial charge is 0.146 e. The summed E-state index contributed by atoms with van der Waals surface area (Å²) in [5, 5.41) is 3.36. The van der Waals surface area contributed by atoms with Crippen LogP contribution in [0.2, 0.25) is 0 Å². The highest BCUT2D eigenvalue weighted by molar-refractivity contribution is 5.49. The molecule has 2 rings (SSSR count). The SMILES string of the molecule is Nc1c(F)cccc1[C@H]1CCCCN1. The lowest BCUT2D eigenvalue weighted by atomic mass is 9.96. The van der Waals surface area contributed by atoms with Gasteiger partial charge in [0.05, 0.1) is 5.69 Å². The van der Waals surface area contributed by atoms with Crippen LogP contribution in [0.4, 0.5) is 10.1 Å². The number of hydrogen-bond acceptors (Lipinski definition) is 2. The molecule has 0 amide bonds. The third-order valence-electron chi connectivity index (χ3n) is 2.77. The molecule has 1 aliphatic heterocycles. The van der Waals surface area contributed by atoms with Crippen LogP contribution in [0.1, 0.15) is 30.9 Å². The first-order valence-electron chi connectivity index (χ1n) is 5.06. The zero-order chi connectivity index (χ0) is 9.97. The van der Waals surface area contributed by atoms with Crippen LogP contribution in [0.15, 0.2) is 18.2 Å². The molecule has 1 aromatic carbocycles. The molecule has 0 aromatic heterocycles. The summed E-state index contributed by atoms with van der Waals surface area (Å²) in [6.45, 7) is 1.00. The number of nitrogens with one attached hydrogen (secondary N) is 1. The van der Waals surface area contributed by atoms with Gasteiger partial charge in [0.1, 0.15) is 5.82 Å². The van der Waals surface area contributed by atoms with Crippen molar-refractivity contribution >= 4 is 5.69 Å². The second-order valence-electron chi connectivity index (χ2n) is 3.75. The first-order chi connectivity index (χ1) is 6.79. The topological polar surface area (TPSA) is 38.0 Å². The molecule has 1 heterocycles. The Balaban J connectivity index is 2.26. The van der Waals surface area contributed by atoms with Crippen molar-refractivity contribution < 1.29 is 4.39 Å². The predicted molar refractivity (Wildman–Crippen MR) is 55.4 cm³/mol. The predicted octanol–water partition coefficient (Wildman–Crippen LogP) is 2.22. The Morgan fingerprint density at radius 3 is 2.93 bits per heavy atom. The number of nitrogen functional groups attached to an aromatic ring is 1. The molecule has 14 heavy (non-hydrogen) atoms. The molecule has 1 fully saturated rings. The maximum Gasteiger partial charge on any atom is 0.146 e. The van der Waals surface area contributed by atoms with E-state index in [2.05, 4.69) is 5.32 Å². The summed E-state index contributed by atoms with van der Waals surface area (Å²) in [6.07, 6.45) is 3.44. The van der Waals surface area contributed by atoms with Crippen LogP contribution in [-0.4, -0.2) is 6.54 Å². The van der Waals surface area contributed by atoms with E-state index in [0.29, 0.717) is 5.69 Å². The first-order valence-corrected chi connectivity index (χ1v) is 5.06. The zero-order valence-corrected chi connectivity index (χ0v) is 8.09. The molecule has 0 aliphatic carbocycles. The number of para-hydroxylation sites is 1. The van der Waals surface area contributed by atoms with Gasteiger partial charge in [0.25, 0.3) is 0 Å². The number of rotatable bonds is 1. The molecule has 3 heteroatoms. The van der Waals surface area contributed by atoms with Gasteiger partial charge >= 0.3 is 0 Å². The molecular weight excluding hydrogens is 179 g/mol. The molecule has 1 aromatic rings. The Morgan fingerprint density at radius 2 is 2.21 bits per heavy atom. The Morgan fingerprint density at radius 1 is 1.36 bits per heavy atom. The maximum absolute atomic E-state index is 13.2. The van der Waals surface area contributed by atoms with E-state index in [1.54, 1.807) is 6.07 Å².